The highest BCUT2D eigenvalue weighted by Crippen LogP contribution is 2.09. The van der Waals surface area contributed by atoms with Gasteiger partial charge in [-0.1, -0.05) is 24.3 Å². The zero-order valence-electron chi connectivity index (χ0n) is 10.8. The first-order valence-electron chi connectivity index (χ1n) is 5.74. The lowest BCUT2D eigenvalue weighted by molar-refractivity contribution is 0.184. The third-order valence-corrected chi connectivity index (χ3v) is 3.13. The molecule has 0 amide bonds. The first-order valence-corrected chi connectivity index (χ1v) is 7.63. The lowest BCUT2D eigenvalue weighted by Crippen LogP contribution is -2.31. The van der Waals surface area contributed by atoms with Crippen LogP contribution in [-0.2, 0) is 27.9 Å². The Hall–Kier alpha value is -0.950. The van der Waals surface area contributed by atoms with Gasteiger partial charge in [0.1, 0.15) is 0 Å². The van der Waals surface area contributed by atoms with E-state index in [1.807, 2.05) is 24.3 Å². The molecule has 2 N–H and O–H groups in total. The Morgan fingerprint density at radius 2 is 1.83 bits per heavy atom. The number of benzene rings is 1. The fraction of sp³-hybridized carbons (Fsp3) is 0.500. The van der Waals surface area contributed by atoms with Gasteiger partial charge in [-0.15, -0.1) is 0 Å². The molecule has 0 unspecified atom stereocenters. The normalized spacial score (nSPS) is 11.7. The van der Waals surface area contributed by atoms with Crippen LogP contribution < -0.4 is 10.0 Å². The van der Waals surface area contributed by atoms with Crippen molar-refractivity contribution in [3.05, 3.63) is 35.4 Å². The summed E-state index contributed by atoms with van der Waals surface area (Å²) in [5, 5.41) is 3.19. The Labute approximate surface area is 109 Å². The van der Waals surface area contributed by atoms with Crippen molar-refractivity contribution >= 4 is 10.0 Å². The van der Waals surface area contributed by atoms with E-state index in [0.717, 1.165) is 11.8 Å². The van der Waals surface area contributed by atoms with E-state index in [4.69, 9.17) is 4.74 Å². The molecule has 0 saturated carbocycles. The van der Waals surface area contributed by atoms with Crippen LogP contribution in [0.4, 0.5) is 0 Å². The smallest absolute Gasteiger partial charge is 0.208 e. The van der Waals surface area contributed by atoms with Gasteiger partial charge in [0.15, 0.2) is 0 Å². The molecule has 0 saturated heterocycles. The zero-order chi connectivity index (χ0) is 13.4. The molecule has 0 spiro atoms. The van der Waals surface area contributed by atoms with E-state index < -0.39 is 10.0 Å². The van der Waals surface area contributed by atoms with Gasteiger partial charge < -0.3 is 10.1 Å². The van der Waals surface area contributed by atoms with Crippen LogP contribution in [0.5, 0.6) is 0 Å². The van der Waals surface area contributed by atoms with Crippen LogP contribution in [0, 0.1) is 0 Å². The number of hydrogen-bond acceptors (Lipinski definition) is 4. The summed E-state index contributed by atoms with van der Waals surface area (Å²) < 4.78 is 29.3. The van der Waals surface area contributed by atoms with Crippen molar-refractivity contribution < 1.29 is 13.2 Å². The number of hydrogen-bond donors (Lipinski definition) is 2. The van der Waals surface area contributed by atoms with Crippen LogP contribution in [0.2, 0.25) is 0 Å². The minimum absolute atomic E-state index is 0.394. The average Bonchev–Trinajstić information content (AvgIpc) is 2.29. The molecule has 102 valence electrons. The summed E-state index contributed by atoms with van der Waals surface area (Å²) in [5.74, 6) is 0. The summed E-state index contributed by atoms with van der Waals surface area (Å²) in [5.41, 5.74) is 2.31. The Bertz CT molecular complexity index is 460. The van der Waals surface area contributed by atoms with Crippen LogP contribution in [0.3, 0.4) is 0 Å². The van der Waals surface area contributed by atoms with E-state index in [9.17, 15) is 8.42 Å². The molecule has 18 heavy (non-hydrogen) atoms. The number of methoxy groups -OCH3 is 1. The number of rotatable bonds is 8. The largest absolute Gasteiger partial charge is 0.380 e. The second-order valence-electron chi connectivity index (χ2n) is 4.05. The van der Waals surface area contributed by atoms with E-state index >= 15 is 0 Å². The van der Waals surface area contributed by atoms with Crippen molar-refractivity contribution in [3.8, 4) is 0 Å². The van der Waals surface area contributed by atoms with Crippen LogP contribution in [0.15, 0.2) is 24.3 Å². The van der Waals surface area contributed by atoms with Crippen molar-refractivity contribution in [2.24, 2.45) is 0 Å². The standard InChI is InChI=1S/C12H20N2O3S/c1-17-10-12-6-4-3-5-11(12)9-13-7-8-14-18(2,15)16/h3-6,13-14H,7-10H2,1-2H3. The van der Waals surface area contributed by atoms with Gasteiger partial charge in [-0.25, -0.2) is 13.1 Å². The molecule has 5 nitrogen and oxygen atoms in total. The number of nitrogens with one attached hydrogen (secondary N) is 2. The monoisotopic (exact) mass is 272 g/mol. The highest BCUT2D eigenvalue weighted by atomic mass is 32.2. The van der Waals surface area contributed by atoms with Gasteiger partial charge in [0, 0.05) is 26.7 Å². The van der Waals surface area contributed by atoms with Gasteiger partial charge >= 0.3 is 0 Å². The third kappa shape index (κ3) is 6.11. The molecule has 0 bridgehead atoms. The highest BCUT2D eigenvalue weighted by molar-refractivity contribution is 7.88. The molecule has 0 heterocycles. The minimum Gasteiger partial charge on any atom is -0.380 e. The number of ether oxygens (including phenoxy) is 1. The van der Waals surface area contributed by atoms with Gasteiger partial charge in [0.2, 0.25) is 10.0 Å². The SMILES string of the molecule is COCc1ccccc1CNCCNS(C)(=O)=O. The lowest BCUT2D eigenvalue weighted by atomic mass is 10.1. The Kier molecular flexibility index (Phi) is 6.28. The lowest BCUT2D eigenvalue weighted by Gasteiger charge is -2.10. The maximum Gasteiger partial charge on any atom is 0.208 e. The summed E-state index contributed by atoms with van der Waals surface area (Å²) in [4.78, 5) is 0. The Balaban J connectivity index is 2.35. The van der Waals surface area contributed by atoms with Gasteiger partial charge in [-0.05, 0) is 11.1 Å². The fourth-order valence-electron chi connectivity index (χ4n) is 1.57. The summed E-state index contributed by atoms with van der Waals surface area (Å²) in [6.07, 6.45) is 1.15. The predicted molar refractivity (Wildman–Crippen MR) is 71.7 cm³/mol. The van der Waals surface area contributed by atoms with Crippen molar-refractivity contribution in [1.29, 1.82) is 0 Å². The van der Waals surface area contributed by atoms with Crippen molar-refractivity contribution in [2.75, 3.05) is 26.5 Å². The third-order valence-electron chi connectivity index (χ3n) is 2.40. The molecule has 1 rings (SSSR count). The van der Waals surface area contributed by atoms with Gasteiger partial charge in [0.25, 0.3) is 0 Å². The molecular weight excluding hydrogens is 252 g/mol. The zero-order valence-corrected chi connectivity index (χ0v) is 11.6. The molecule has 0 radical (unpaired) electrons. The summed E-state index contributed by atoms with van der Waals surface area (Å²) >= 11 is 0. The van der Waals surface area contributed by atoms with Crippen molar-refractivity contribution in [2.45, 2.75) is 13.2 Å². The first-order chi connectivity index (χ1) is 8.53. The molecule has 6 heteroatoms. The summed E-state index contributed by atoms with van der Waals surface area (Å²) in [7, 11) is -1.43. The fourth-order valence-corrected chi connectivity index (χ4v) is 2.05. The molecule has 0 aliphatic carbocycles. The van der Waals surface area contributed by atoms with Crippen LogP contribution in [0.1, 0.15) is 11.1 Å². The van der Waals surface area contributed by atoms with E-state index in [1.54, 1.807) is 7.11 Å². The van der Waals surface area contributed by atoms with Gasteiger partial charge in [-0.3, -0.25) is 0 Å². The van der Waals surface area contributed by atoms with Crippen LogP contribution in [-0.4, -0.2) is 34.9 Å². The molecular formula is C12H20N2O3S. The van der Waals surface area contributed by atoms with E-state index in [0.29, 0.717) is 26.2 Å². The molecule has 0 aromatic heterocycles. The highest BCUT2D eigenvalue weighted by Gasteiger charge is 2.01. The topological polar surface area (TPSA) is 67.4 Å². The van der Waals surface area contributed by atoms with Gasteiger partial charge in [-0.2, -0.15) is 0 Å². The second kappa shape index (κ2) is 7.48. The van der Waals surface area contributed by atoms with Crippen LogP contribution in [0.25, 0.3) is 0 Å². The average molecular weight is 272 g/mol. The first kappa shape index (κ1) is 15.1. The van der Waals surface area contributed by atoms with E-state index in [-0.39, 0.29) is 0 Å². The van der Waals surface area contributed by atoms with E-state index in [1.165, 1.54) is 5.56 Å². The summed E-state index contributed by atoms with van der Waals surface area (Å²) in [6.45, 7) is 2.27. The van der Waals surface area contributed by atoms with Crippen LogP contribution >= 0.6 is 0 Å². The number of sulfonamides is 1. The Morgan fingerprint density at radius 1 is 1.17 bits per heavy atom. The molecule has 0 atom stereocenters. The Morgan fingerprint density at radius 3 is 2.44 bits per heavy atom. The minimum atomic E-state index is -3.10. The molecule has 0 aliphatic rings. The maximum atomic E-state index is 10.8. The molecule has 1 aromatic rings. The molecule has 1 aromatic carbocycles. The van der Waals surface area contributed by atoms with Crippen molar-refractivity contribution in [3.63, 3.8) is 0 Å². The van der Waals surface area contributed by atoms with Crippen molar-refractivity contribution in [1.82, 2.24) is 10.0 Å². The molecule has 0 aliphatic heterocycles. The second-order valence-corrected chi connectivity index (χ2v) is 5.88. The van der Waals surface area contributed by atoms with E-state index in [2.05, 4.69) is 10.0 Å². The summed E-state index contributed by atoms with van der Waals surface area (Å²) in [6, 6.07) is 8.01. The van der Waals surface area contributed by atoms with Gasteiger partial charge in [0.05, 0.1) is 12.9 Å². The quantitative estimate of drug-likeness (QED) is 0.675. The molecule has 0 fully saturated rings. The predicted octanol–water partition coefficient (Wildman–Crippen LogP) is 0.472. The maximum absolute atomic E-state index is 10.8.